The molecule has 36 heavy (non-hydrogen) atoms. The second kappa shape index (κ2) is 10.3. The lowest BCUT2D eigenvalue weighted by atomic mass is 9.62. The number of nitrogens with two attached hydrogens (primary N) is 1. The quantitative estimate of drug-likeness (QED) is 0.461. The molecule has 1 spiro atoms. The van der Waals surface area contributed by atoms with Crippen LogP contribution < -0.4 is 15.8 Å². The summed E-state index contributed by atoms with van der Waals surface area (Å²) in [4.78, 5) is 42.3. The lowest BCUT2D eigenvalue weighted by Gasteiger charge is -2.38. The molecule has 3 heterocycles. The van der Waals surface area contributed by atoms with Crippen LogP contribution in [0.4, 0.5) is 11.6 Å². The van der Waals surface area contributed by atoms with Crippen LogP contribution in [0.15, 0.2) is 36.0 Å². The van der Waals surface area contributed by atoms with Crippen LogP contribution in [0.1, 0.15) is 63.6 Å². The number of carbonyl (C=O) groups excluding carboxylic acids is 2. The lowest BCUT2D eigenvalue weighted by molar-refractivity contribution is -0.143. The third-order valence-electron chi connectivity index (χ3n) is 7.82. The Morgan fingerprint density at radius 2 is 2.00 bits per heavy atom. The molecule has 0 amide bonds. The van der Waals surface area contributed by atoms with Crippen LogP contribution in [0.25, 0.3) is 5.70 Å². The maximum absolute atomic E-state index is 13.6. The molecule has 2 aromatic heterocycles. The molecule has 2 atom stereocenters. The van der Waals surface area contributed by atoms with Crippen molar-refractivity contribution in [1.29, 1.82) is 0 Å². The fourth-order valence-corrected chi connectivity index (χ4v) is 5.69. The second-order valence-electron chi connectivity index (χ2n) is 10.1. The summed E-state index contributed by atoms with van der Waals surface area (Å²) in [6.07, 6.45) is 8.59. The molecule has 2 aliphatic carbocycles. The Bertz CT molecular complexity index is 1160. The predicted octanol–water partition coefficient (Wildman–Crippen LogP) is 3.64. The molecule has 3 N–H and O–H groups in total. The van der Waals surface area contributed by atoms with E-state index in [2.05, 4.69) is 32.2 Å². The van der Waals surface area contributed by atoms with Gasteiger partial charge in [-0.05, 0) is 70.7 Å². The van der Waals surface area contributed by atoms with E-state index in [9.17, 15) is 9.59 Å². The van der Waals surface area contributed by atoms with Gasteiger partial charge in [0.2, 0.25) is 5.88 Å². The van der Waals surface area contributed by atoms with Crippen LogP contribution in [0.2, 0.25) is 0 Å². The Kier molecular flexibility index (Phi) is 7.00. The smallest absolute Gasteiger partial charge is 0.219 e. The summed E-state index contributed by atoms with van der Waals surface area (Å²) in [7, 11) is 2.10. The van der Waals surface area contributed by atoms with Crippen molar-refractivity contribution in [3.8, 4) is 5.88 Å². The summed E-state index contributed by atoms with van der Waals surface area (Å²) in [6, 6.07) is 7.59. The van der Waals surface area contributed by atoms with Gasteiger partial charge < -0.3 is 20.7 Å². The van der Waals surface area contributed by atoms with Crippen molar-refractivity contribution in [2.75, 3.05) is 25.5 Å². The van der Waals surface area contributed by atoms with Gasteiger partial charge >= 0.3 is 0 Å². The van der Waals surface area contributed by atoms with Crippen LogP contribution in [-0.4, -0.2) is 57.7 Å². The van der Waals surface area contributed by atoms with Crippen LogP contribution in [0.3, 0.4) is 0 Å². The average Bonchev–Trinajstić information content (AvgIpc) is 3.30. The van der Waals surface area contributed by atoms with E-state index in [0.29, 0.717) is 61.4 Å². The van der Waals surface area contributed by atoms with Gasteiger partial charge in [0.25, 0.3) is 0 Å². The number of carbonyl (C=O) groups is 2. The maximum Gasteiger partial charge on any atom is 0.219 e. The van der Waals surface area contributed by atoms with E-state index < -0.39 is 5.41 Å². The molecule has 1 aliphatic heterocycles. The van der Waals surface area contributed by atoms with Crippen LogP contribution in [0.5, 0.6) is 5.88 Å². The molecule has 2 saturated carbocycles. The number of nitrogens with one attached hydrogen (secondary N) is 1. The molecule has 1 saturated heterocycles. The van der Waals surface area contributed by atoms with Gasteiger partial charge in [-0.2, -0.15) is 4.98 Å². The van der Waals surface area contributed by atoms with Gasteiger partial charge in [0.05, 0.1) is 11.1 Å². The van der Waals surface area contributed by atoms with E-state index in [1.807, 2.05) is 18.2 Å². The third-order valence-corrected chi connectivity index (χ3v) is 7.82. The molecule has 2 aromatic rings. The summed E-state index contributed by atoms with van der Waals surface area (Å²) in [6.45, 7) is 1.56. The van der Waals surface area contributed by atoms with Crippen molar-refractivity contribution >= 4 is 28.9 Å². The average molecular weight is 491 g/mol. The zero-order valence-electron chi connectivity index (χ0n) is 20.8. The normalized spacial score (nSPS) is 26.3. The number of rotatable bonds is 6. The van der Waals surface area contributed by atoms with Gasteiger partial charge in [-0.25, -0.2) is 9.97 Å². The van der Waals surface area contributed by atoms with Crippen molar-refractivity contribution in [2.45, 2.75) is 63.8 Å². The fourth-order valence-electron chi connectivity index (χ4n) is 5.69. The second-order valence-corrected chi connectivity index (χ2v) is 10.1. The number of ether oxygens (including phenoxy) is 1. The van der Waals surface area contributed by atoms with Gasteiger partial charge in [-0.1, -0.05) is 12.5 Å². The Morgan fingerprint density at radius 3 is 2.75 bits per heavy atom. The van der Waals surface area contributed by atoms with Crippen LogP contribution >= 0.6 is 0 Å². The van der Waals surface area contributed by atoms with E-state index in [0.717, 1.165) is 38.6 Å². The van der Waals surface area contributed by atoms with E-state index in [4.69, 9.17) is 10.5 Å². The van der Waals surface area contributed by atoms with E-state index in [1.54, 1.807) is 12.3 Å². The highest BCUT2D eigenvalue weighted by atomic mass is 16.5. The van der Waals surface area contributed by atoms with Crippen molar-refractivity contribution in [3.05, 3.63) is 41.9 Å². The highest BCUT2D eigenvalue weighted by Crippen LogP contribution is 2.45. The lowest BCUT2D eigenvalue weighted by Crippen LogP contribution is -2.45. The summed E-state index contributed by atoms with van der Waals surface area (Å²) >= 11 is 0. The van der Waals surface area contributed by atoms with Gasteiger partial charge in [0, 0.05) is 30.3 Å². The summed E-state index contributed by atoms with van der Waals surface area (Å²) in [5.74, 6) is 1.63. The third kappa shape index (κ3) is 4.84. The van der Waals surface area contributed by atoms with E-state index in [-0.39, 0.29) is 23.1 Å². The number of Topliss-reactive ketones (excluding diaryl/α,β-unsaturated/α-hetero) is 2. The molecule has 0 bridgehead atoms. The molecule has 3 aliphatic rings. The van der Waals surface area contributed by atoms with Gasteiger partial charge in [0.1, 0.15) is 24.0 Å². The Morgan fingerprint density at radius 1 is 1.14 bits per heavy atom. The first-order valence-electron chi connectivity index (χ1n) is 12.9. The first-order valence-corrected chi connectivity index (χ1v) is 12.9. The molecule has 0 radical (unpaired) electrons. The molecule has 0 unspecified atom stereocenters. The number of pyridine rings is 1. The molecular weight excluding hydrogens is 456 g/mol. The number of anilines is 2. The first kappa shape index (κ1) is 24.4. The van der Waals surface area contributed by atoms with Gasteiger partial charge in [-0.15, -0.1) is 0 Å². The van der Waals surface area contributed by atoms with Crippen molar-refractivity contribution in [3.63, 3.8) is 0 Å². The highest BCUT2D eigenvalue weighted by Gasteiger charge is 2.49. The summed E-state index contributed by atoms with van der Waals surface area (Å²) in [5, 5.41) is 3.18. The largest absolute Gasteiger partial charge is 0.476 e. The van der Waals surface area contributed by atoms with E-state index in [1.165, 1.54) is 0 Å². The van der Waals surface area contributed by atoms with Gasteiger partial charge in [-0.3, -0.25) is 9.59 Å². The minimum atomic E-state index is -0.924. The number of likely N-dealkylation sites (N-methyl/N-ethyl adjacent to an activating group) is 1. The monoisotopic (exact) mass is 490 g/mol. The van der Waals surface area contributed by atoms with Crippen molar-refractivity contribution in [2.24, 2.45) is 11.1 Å². The van der Waals surface area contributed by atoms with Crippen LogP contribution in [-0.2, 0) is 9.59 Å². The number of aromatic nitrogens is 3. The molecule has 0 aromatic carbocycles. The number of nitrogens with zero attached hydrogens (tertiary/aromatic N) is 4. The zero-order chi connectivity index (χ0) is 25.1. The first-order chi connectivity index (χ1) is 17.5. The fraction of sp³-hybridized carbons (Fsp3) is 0.519. The zero-order valence-corrected chi connectivity index (χ0v) is 20.8. The number of likely N-dealkylation sites (tertiary alicyclic amines) is 1. The van der Waals surface area contributed by atoms with E-state index >= 15 is 0 Å². The van der Waals surface area contributed by atoms with Crippen LogP contribution in [0, 0.1) is 5.41 Å². The standard InChI is InChI=1S/C27H34N6O3/c1-33-15-7-8-18(33)17-36-23-16-22(30-21-11-3-5-14-29-21)31-26(32-23)24(28)19-9-6-13-27(25(19)35)12-4-2-10-20(27)34/h3,5,11,14,16,18H,2,4,6-10,12-13,15,17,28H2,1H3,(H,29,30,31,32)/b24-19-/t18-,27+/m0/s1. The molecule has 9 heteroatoms. The van der Waals surface area contributed by atoms with Crippen molar-refractivity contribution in [1.82, 2.24) is 19.9 Å². The van der Waals surface area contributed by atoms with Crippen molar-refractivity contribution < 1.29 is 14.3 Å². The maximum atomic E-state index is 13.6. The minimum Gasteiger partial charge on any atom is -0.476 e. The molecule has 190 valence electrons. The topological polar surface area (TPSA) is 123 Å². The number of hydrogen-bond acceptors (Lipinski definition) is 9. The molecule has 3 fully saturated rings. The number of allylic oxidation sites excluding steroid dienone is 1. The predicted molar refractivity (Wildman–Crippen MR) is 137 cm³/mol. The Balaban J connectivity index is 1.48. The Hall–Kier alpha value is -3.33. The Labute approximate surface area is 211 Å². The highest BCUT2D eigenvalue weighted by molar-refractivity contribution is 6.17. The minimum absolute atomic E-state index is 0.0555. The van der Waals surface area contributed by atoms with Gasteiger partial charge in [0.15, 0.2) is 11.6 Å². The summed E-state index contributed by atoms with van der Waals surface area (Å²) < 4.78 is 6.10. The molecule has 9 nitrogen and oxygen atoms in total. The number of hydrogen-bond donors (Lipinski definition) is 2. The molecular formula is C27H34N6O3. The SMILES string of the molecule is CN1CCC[C@H]1COc1cc(Nc2ccccn2)nc(/C(N)=C2\CCC[C@@]3(CCCCC3=O)C2=O)n1. The summed E-state index contributed by atoms with van der Waals surface area (Å²) in [5.41, 5.74) is 6.35. The molecule has 5 rings (SSSR count). The number of ketones is 2.